The first-order valence-corrected chi connectivity index (χ1v) is 5.44. The second-order valence-electron chi connectivity index (χ2n) is 4.67. The molecule has 1 aromatic rings. The molecule has 2 nitrogen and oxygen atoms in total. The van der Waals surface area contributed by atoms with Crippen molar-refractivity contribution >= 4 is 5.91 Å². The lowest BCUT2D eigenvalue weighted by molar-refractivity contribution is 0.0907. The number of carbonyl (C=O) groups is 1. The molecule has 0 saturated heterocycles. The lowest BCUT2D eigenvalue weighted by Gasteiger charge is -2.24. The Bertz CT molecular complexity index is 399. The van der Waals surface area contributed by atoms with E-state index in [9.17, 15) is 9.18 Å². The van der Waals surface area contributed by atoms with Crippen LogP contribution >= 0.6 is 0 Å². The molecule has 0 aliphatic heterocycles. The smallest absolute Gasteiger partial charge is 0.254 e. The molecule has 1 amide bonds. The van der Waals surface area contributed by atoms with E-state index in [0.29, 0.717) is 0 Å². The normalized spacial score (nSPS) is 11.3. The Morgan fingerprint density at radius 2 is 2.06 bits per heavy atom. The number of nitrogens with one attached hydrogen (secondary N) is 1. The highest BCUT2D eigenvalue weighted by Crippen LogP contribution is 2.13. The number of rotatable bonds is 3. The first-order valence-electron chi connectivity index (χ1n) is 5.44. The molecule has 0 atom stereocenters. The number of amides is 1. The predicted octanol–water partition coefficient (Wildman–Crippen LogP) is 3.05. The largest absolute Gasteiger partial charge is 0.347 e. The minimum atomic E-state index is -0.468. The minimum Gasteiger partial charge on any atom is -0.347 e. The summed E-state index contributed by atoms with van der Waals surface area (Å²) in [7, 11) is 0. The number of carbonyl (C=O) groups excluding carboxylic acids is 1. The van der Waals surface area contributed by atoms with Crippen LogP contribution in [0.5, 0.6) is 0 Å². The van der Waals surface area contributed by atoms with Crippen molar-refractivity contribution in [1.82, 2.24) is 5.32 Å². The fourth-order valence-corrected chi connectivity index (χ4v) is 1.27. The lowest BCUT2D eigenvalue weighted by Crippen LogP contribution is -2.43. The number of hydrogen-bond acceptors (Lipinski definition) is 1. The number of aryl methyl sites for hydroxylation is 1. The summed E-state index contributed by atoms with van der Waals surface area (Å²) >= 11 is 0. The number of halogens is 1. The zero-order valence-electron chi connectivity index (χ0n) is 10.2. The predicted molar refractivity (Wildman–Crippen MR) is 63.0 cm³/mol. The van der Waals surface area contributed by atoms with E-state index in [2.05, 4.69) is 5.32 Å². The second-order valence-corrected chi connectivity index (χ2v) is 4.67. The fraction of sp³-hybridized carbons (Fsp3) is 0.462. The highest BCUT2D eigenvalue weighted by molar-refractivity contribution is 5.94. The van der Waals surface area contributed by atoms with Gasteiger partial charge in [0.2, 0.25) is 0 Å². The van der Waals surface area contributed by atoms with Gasteiger partial charge in [-0.3, -0.25) is 4.79 Å². The van der Waals surface area contributed by atoms with Gasteiger partial charge in [-0.1, -0.05) is 13.0 Å². The van der Waals surface area contributed by atoms with Crippen LogP contribution < -0.4 is 5.32 Å². The zero-order valence-corrected chi connectivity index (χ0v) is 10.2. The molecule has 1 N–H and O–H groups in total. The third-order valence-electron chi connectivity index (χ3n) is 2.71. The van der Waals surface area contributed by atoms with Gasteiger partial charge in [0.1, 0.15) is 5.82 Å². The molecule has 0 fully saturated rings. The van der Waals surface area contributed by atoms with E-state index in [1.54, 1.807) is 13.0 Å². The molecular formula is C13H18FNO. The van der Waals surface area contributed by atoms with Crippen LogP contribution in [0.25, 0.3) is 0 Å². The monoisotopic (exact) mass is 223 g/mol. The molecule has 16 heavy (non-hydrogen) atoms. The van der Waals surface area contributed by atoms with Gasteiger partial charge in [-0.2, -0.15) is 0 Å². The van der Waals surface area contributed by atoms with E-state index < -0.39 is 5.82 Å². The van der Waals surface area contributed by atoms with Crippen molar-refractivity contribution < 1.29 is 9.18 Å². The van der Waals surface area contributed by atoms with Gasteiger partial charge in [0, 0.05) is 5.54 Å². The van der Waals surface area contributed by atoms with Gasteiger partial charge >= 0.3 is 0 Å². The quantitative estimate of drug-likeness (QED) is 0.838. The van der Waals surface area contributed by atoms with E-state index in [-0.39, 0.29) is 17.0 Å². The van der Waals surface area contributed by atoms with Gasteiger partial charge in [0.15, 0.2) is 0 Å². The molecule has 0 aliphatic carbocycles. The Hall–Kier alpha value is -1.38. The minimum absolute atomic E-state index is 0.104. The summed E-state index contributed by atoms with van der Waals surface area (Å²) in [5, 5.41) is 2.80. The molecule has 0 spiro atoms. The second kappa shape index (κ2) is 4.64. The van der Waals surface area contributed by atoms with Gasteiger partial charge in [0.25, 0.3) is 5.91 Å². The van der Waals surface area contributed by atoms with Gasteiger partial charge in [-0.25, -0.2) is 4.39 Å². The summed E-state index contributed by atoms with van der Waals surface area (Å²) in [5.41, 5.74) is 0.602. The van der Waals surface area contributed by atoms with E-state index in [4.69, 9.17) is 0 Å². The number of benzene rings is 1. The molecular weight excluding hydrogens is 205 g/mol. The summed E-state index contributed by atoms with van der Waals surface area (Å²) in [6.45, 7) is 7.60. The molecule has 0 aromatic heterocycles. The van der Waals surface area contributed by atoms with Crippen molar-refractivity contribution in [3.05, 3.63) is 35.1 Å². The van der Waals surface area contributed by atoms with Gasteiger partial charge < -0.3 is 5.32 Å². The Morgan fingerprint density at radius 1 is 1.44 bits per heavy atom. The third-order valence-corrected chi connectivity index (χ3v) is 2.71. The molecule has 3 heteroatoms. The SMILES string of the molecule is CCC(C)(C)NC(=O)c1ccc(C)cc1F. The Morgan fingerprint density at radius 3 is 2.56 bits per heavy atom. The van der Waals surface area contributed by atoms with Gasteiger partial charge in [-0.05, 0) is 44.9 Å². The van der Waals surface area contributed by atoms with E-state index in [1.807, 2.05) is 20.8 Å². The van der Waals surface area contributed by atoms with Gasteiger partial charge in [-0.15, -0.1) is 0 Å². The first kappa shape index (κ1) is 12.7. The van der Waals surface area contributed by atoms with Crippen LogP contribution in [0.2, 0.25) is 0 Å². The van der Waals surface area contributed by atoms with E-state index >= 15 is 0 Å². The van der Waals surface area contributed by atoms with Crippen molar-refractivity contribution in [2.75, 3.05) is 0 Å². The first-order chi connectivity index (χ1) is 7.35. The molecule has 0 bridgehead atoms. The molecule has 1 rings (SSSR count). The molecule has 0 saturated carbocycles. The summed E-state index contributed by atoms with van der Waals surface area (Å²) < 4.78 is 13.5. The molecule has 0 aliphatic rings. The molecule has 88 valence electrons. The lowest BCUT2D eigenvalue weighted by atomic mass is 10.0. The van der Waals surface area contributed by atoms with E-state index in [1.165, 1.54) is 12.1 Å². The third kappa shape index (κ3) is 3.05. The standard InChI is InChI=1S/C13H18FNO/c1-5-13(3,4)15-12(16)10-7-6-9(2)8-11(10)14/h6-8H,5H2,1-4H3,(H,15,16). The van der Waals surface area contributed by atoms with E-state index in [0.717, 1.165) is 12.0 Å². The summed E-state index contributed by atoms with van der Waals surface area (Å²) in [4.78, 5) is 11.8. The van der Waals surface area contributed by atoms with Crippen molar-refractivity contribution in [1.29, 1.82) is 0 Å². The van der Waals surface area contributed by atoms with Crippen LogP contribution in [-0.4, -0.2) is 11.4 Å². The van der Waals surface area contributed by atoms with Crippen molar-refractivity contribution in [3.63, 3.8) is 0 Å². The maximum Gasteiger partial charge on any atom is 0.254 e. The fourth-order valence-electron chi connectivity index (χ4n) is 1.27. The van der Waals surface area contributed by atoms with Crippen LogP contribution in [0, 0.1) is 12.7 Å². The van der Waals surface area contributed by atoms with Crippen LogP contribution in [0.3, 0.4) is 0 Å². The van der Waals surface area contributed by atoms with Gasteiger partial charge in [0.05, 0.1) is 5.56 Å². The maximum absolute atomic E-state index is 13.5. The Kier molecular flexibility index (Phi) is 3.68. The Balaban J connectivity index is 2.89. The van der Waals surface area contributed by atoms with Crippen molar-refractivity contribution in [2.24, 2.45) is 0 Å². The molecule has 0 radical (unpaired) electrons. The number of hydrogen-bond donors (Lipinski definition) is 1. The van der Waals surface area contributed by atoms with Crippen LogP contribution in [-0.2, 0) is 0 Å². The zero-order chi connectivity index (χ0) is 12.3. The maximum atomic E-state index is 13.5. The Labute approximate surface area is 95.9 Å². The van der Waals surface area contributed by atoms with Crippen molar-refractivity contribution in [3.8, 4) is 0 Å². The molecule has 1 aromatic carbocycles. The van der Waals surface area contributed by atoms with Crippen LogP contribution in [0.15, 0.2) is 18.2 Å². The van der Waals surface area contributed by atoms with Crippen LogP contribution in [0.1, 0.15) is 43.1 Å². The summed E-state index contributed by atoms with van der Waals surface area (Å²) in [6, 6.07) is 4.62. The van der Waals surface area contributed by atoms with Crippen LogP contribution in [0.4, 0.5) is 4.39 Å². The average molecular weight is 223 g/mol. The molecule has 0 unspecified atom stereocenters. The highest BCUT2D eigenvalue weighted by Gasteiger charge is 2.20. The summed E-state index contributed by atoms with van der Waals surface area (Å²) in [5.74, 6) is -0.825. The summed E-state index contributed by atoms with van der Waals surface area (Å²) in [6.07, 6.45) is 0.798. The molecule has 0 heterocycles. The average Bonchev–Trinajstić information content (AvgIpc) is 2.16. The van der Waals surface area contributed by atoms with Crippen molar-refractivity contribution in [2.45, 2.75) is 39.7 Å². The highest BCUT2D eigenvalue weighted by atomic mass is 19.1. The topological polar surface area (TPSA) is 29.1 Å².